The Hall–Kier alpha value is -1.28. The van der Waals surface area contributed by atoms with Crippen LogP contribution in [0.1, 0.15) is 12.8 Å². The highest BCUT2D eigenvalue weighted by atomic mass is 32.2. The van der Waals surface area contributed by atoms with Crippen molar-refractivity contribution in [1.29, 1.82) is 0 Å². The number of ether oxygens (including phenoxy) is 1. The first-order valence-electron chi connectivity index (χ1n) is 5.81. The zero-order valence-electron chi connectivity index (χ0n) is 10.1. The molecule has 7 nitrogen and oxygen atoms in total. The summed E-state index contributed by atoms with van der Waals surface area (Å²) >= 11 is 1.24. The van der Waals surface area contributed by atoms with Crippen molar-refractivity contribution in [2.45, 2.75) is 30.6 Å². The molecule has 1 amide bonds. The first-order valence-corrected chi connectivity index (χ1v) is 6.79. The predicted molar refractivity (Wildman–Crippen MR) is 66.6 cm³/mol. The van der Waals surface area contributed by atoms with E-state index in [2.05, 4.69) is 15.5 Å². The van der Waals surface area contributed by atoms with Crippen LogP contribution in [0.25, 0.3) is 0 Å². The molecule has 0 bridgehead atoms. The lowest BCUT2D eigenvalue weighted by Crippen LogP contribution is -2.25. The molecule has 1 aliphatic heterocycles. The summed E-state index contributed by atoms with van der Waals surface area (Å²) in [5, 5.41) is 9.37. The fourth-order valence-corrected chi connectivity index (χ4v) is 2.60. The number of hydrogen-bond acceptors (Lipinski definition) is 5. The van der Waals surface area contributed by atoms with Gasteiger partial charge in [0.15, 0.2) is 5.16 Å². The van der Waals surface area contributed by atoms with Gasteiger partial charge >= 0.3 is 5.69 Å². The van der Waals surface area contributed by atoms with Gasteiger partial charge in [0.2, 0.25) is 5.91 Å². The van der Waals surface area contributed by atoms with Gasteiger partial charge in [-0.25, -0.2) is 9.89 Å². The number of nitrogens with one attached hydrogen (secondary N) is 2. The quantitative estimate of drug-likeness (QED) is 0.711. The normalized spacial score (nSPS) is 19.1. The fraction of sp³-hybridized carbons (Fsp3) is 0.700. The van der Waals surface area contributed by atoms with Gasteiger partial charge in [-0.3, -0.25) is 9.36 Å². The Labute approximate surface area is 108 Å². The van der Waals surface area contributed by atoms with Gasteiger partial charge in [0, 0.05) is 13.7 Å². The maximum absolute atomic E-state index is 11.6. The van der Waals surface area contributed by atoms with E-state index in [1.165, 1.54) is 16.3 Å². The molecule has 1 aliphatic rings. The van der Waals surface area contributed by atoms with Crippen molar-refractivity contribution >= 4 is 17.7 Å². The van der Waals surface area contributed by atoms with E-state index >= 15 is 0 Å². The van der Waals surface area contributed by atoms with E-state index in [9.17, 15) is 9.59 Å². The molecule has 0 aromatic carbocycles. The molecule has 0 saturated carbocycles. The third-order valence-electron chi connectivity index (χ3n) is 2.74. The molecule has 2 heterocycles. The summed E-state index contributed by atoms with van der Waals surface area (Å²) in [4.78, 5) is 22.8. The van der Waals surface area contributed by atoms with Crippen LogP contribution in [-0.2, 0) is 16.1 Å². The average Bonchev–Trinajstić information content (AvgIpc) is 2.99. The smallest absolute Gasteiger partial charge is 0.344 e. The minimum Gasteiger partial charge on any atom is -0.376 e. The number of carbonyl (C=O) groups is 1. The first kappa shape index (κ1) is 13.2. The maximum atomic E-state index is 11.6. The topological polar surface area (TPSA) is 89.0 Å². The van der Waals surface area contributed by atoms with E-state index < -0.39 is 0 Å². The highest BCUT2D eigenvalue weighted by Gasteiger charge is 2.19. The highest BCUT2D eigenvalue weighted by molar-refractivity contribution is 7.99. The fourth-order valence-electron chi connectivity index (χ4n) is 1.77. The van der Waals surface area contributed by atoms with Gasteiger partial charge in [-0.05, 0) is 12.8 Å². The summed E-state index contributed by atoms with van der Waals surface area (Å²) in [5.41, 5.74) is -0.259. The molecule has 1 saturated heterocycles. The zero-order chi connectivity index (χ0) is 13.0. The van der Waals surface area contributed by atoms with Crippen molar-refractivity contribution in [3.63, 3.8) is 0 Å². The van der Waals surface area contributed by atoms with E-state index in [1.54, 1.807) is 7.05 Å². The van der Waals surface area contributed by atoms with Gasteiger partial charge < -0.3 is 10.1 Å². The van der Waals surface area contributed by atoms with Crippen molar-refractivity contribution < 1.29 is 9.53 Å². The minimum absolute atomic E-state index is 0.0691. The molecular formula is C10H16N4O3S. The van der Waals surface area contributed by atoms with E-state index in [0.717, 1.165) is 19.4 Å². The summed E-state index contributed by atoms with van der Waals surface area (Å²) in [6.07, 6.45) is 2.05. The summed E-state index contributed by atoms with van der Waals surface area (Å²) in [5.74, 6) is 0.144. The van der Waals surface area contributed by atoms with Crippen LogP contribution in [0.4, 0.5) is 0 Å². The Morgan fingerprint density at radius 1 is 1.72 bits per heavy atom. The maximum Gasteiger partial charge on any atom is 0.344 e. The van der Waals surface area contributed by atoms with Crippen LogP contribution in [0, 0.1) is 0 Å². The van der Waals surface area contributed by atoms with Gasteiger partial charge in [0.05, 0.1) is 18.4 Å². The number of hydrogen-bond donors (Lipinski definition) is 2. The largest absolute Gasteiger partial charge is 0.376 e. The van der Waals surface area contributed by atoms with E-state index in [4.69, 9.17) is 4.74 Å². The monoisotopic (exact) mass is 272 g/mol. The molecule has 18 heavy (non-hydrogen) atoms. The van der Waals surface area contributed by atoms with E-state index in [-0.39, 0.29) is 23.5 Å². The number of aromatic amines is 1. The third kappa shape index (κ3) is 3.14. The van der Waals surface area contributed by atoms with Crippen LogP contribution < -0.4 is 11.0 Å². The Morgan fingerprint density at radius 2 is 2.56 bits per heavy atom. The number of rotatable bonds is 5. The molecule has 0 aliphatic carbocycles. The minimum atomic E-state index is -0.259. The SMILES string of the molecule is CNC(=O)CSc1n[nH]c(=O)n1C[C@@H]1CCCO1. The highest BCUT2D eigenvalue weighted by Crippen LogP contribution is 2.17. The summed E-state index contributed by atoms with van der Waals surface area (Å²) in [7, 11) is 1.58. The molecule has 0 spiro atoms. The van der Waals surface area contributed by atoms with Crippen LogP contribution in [0.5, 0.6) is 0 Å². The van der Waals surface area contributed by atoms with E-state index in [1.807, 2.05) is 0 Å². The molecule has 1 aromatic rings. The summed E-state index contributed by atoms with van der Waals surface area (Å²) in [6, 6.07) is 0. The second-order valence-corrected chi connectivity index (χ2v) is 4.96. The van der Waals surface area contributed by atoms with Gasteiger partial charge in [0.1, 0.15) is 0 Å². The number of amides is 1. The number of H-pyrrole nitrogens is 1. The molecule has 2 N–H and O–H groups in total. The van der Waals surface area contributed by atoms with Crippen LogP contribution in [-0.4, -0.2) is 46.2 Å². The van der Waals surface area contributed by atoms with Gasteiger partial charge in [-0.2, -0.15) is 0 Å². The van der Waals surface area contributed by atoms with Crippen molar-refractivity contribution in [3.8, 4) is 0 Å². The Morgan fingerprint density at radius 3 is 3.22 bits per heavy atom. The first-order chi connectivity index (χ1) is 8.70. The Bertz CT molecular complexity index is 464. The summed E-state index contributed by atoms with van der Waals surface area (Å²) in [6.45, 7) is 1.24. The molecule has 100 valence electrons. The van der Waals surface area contributed by atoms with Gasteiger partial charge in [-0.1, -0.05) is 11.8 Å². The Kier molecular flexibility index (Phi) is 4.43. The second kappa shape index (κ2) is 6.05. The van der Waals surface area contributed by atoms with Gasteiger partial charge in [0.25, 0.3) is 0 Å². The van der Waals surface area contributed by atoms with Crippen molar-refractivity contribution in [2.75, 3.05) is 19.4 Å². The molecule has 1 atom stereocenters. The van der Waals surface area contributed by atoms with Crippen molar-refractivity contribution in [1.82, 2.24) is 20.1 Å². The molecule has 1 aromatic heterocycles. The zero-order valence-corrected chi connectivity index (χ0v) is 11.0. The van der Waals surface area contributed by atoms with E-state index in [0.29, 0.717) is 11.7 Å². The molecule has 1 fully saturated rings. The lowest BCUT2D eigenvalue weighted by Gasteiger charge is -2.10. The number of thioether (sulfide) groups is 1. The van der Waals surface area contributed by atoms with Crippen molar-refractivity contribution in [3.05, 3.63) is 10.5 Å². The lowest BCUT2D eigenvalue weighted by atomic mass is 10.2. The van der Waals surface area contributed by atoms with Crippen molar-refractivity contribution in [2.24, 2.45) is 0 Å². The molecule has 8 heteroatoms. The van der Waals surface area contributed by atoms with Crippen LogP contribution >= 0.6 is 11.8 Å². The molecule has 0 unspecified atom stereocenters. The number of nitrogens with zero attached hydrogens (tertiary/aromatic N) is 2. The Balaban J connectivity index is 2.01. The lowest BCUT2D eigenvalue weighted by molar-refractivity contribution is -0.118. The second-order valence-electron chi connectivity index (χ2n) is 4.02. The number of carbonyl (C=O) groups excluding carboxylic acids is 1. The van der Waals surface area contributed by atoms with Crippen LogP contribution in [0.15, 0.2) is 9.95 Å². The average molecular weight is 272 g/mol. The third-order valence-corrected chi connectivity index (χ3v) is 3.72. The number of aromatic nitrogens is 3. The standard InChI is InChI=1S/C10H16N4O3S/c1-11-8(15)6-18-10-13-12-9(16)14(10)5-7-3-2-4-17-7/h7H,2-6H2,1H3,(H,11,15)(H,12,16)/t7-/m0/s1. The van der Waals surface area contributed by atoms with Crippen LogP contribution in [0.2, 0.25) is 0 Å². The summed E-state index contributed by atoms with van der Waals surface area (Å²) < 4.78 is 7.02. The molecule has 2 rings (SSSR count). The van der Waals surface area contributed by atoms with Gasteiger partial charge in [-0.15, -0.1) is 5.10 Å². The van der Waals surface area contributed by atoms with Crippen LogP contribution in [0.3, 0.4) is 0 Å². The predicted octanol–water partition coefficient (Wildman–Crippen LogP) is -0.411. The molecule has 0 radical (unpaired) electrons. The molecular weight excluding hydrogens is 256 g/mol.